The first kappa shape index (κ1) is 17.0. The van der Waals surface area contributed by atoms with Crippen molar-refractivity contribution in [3.63, 3.8) is 0 Å². The molecule has 7 nitrogen and oxygen atoms in total. The lowest BCUT2D eigenvalue weighted by molar-refractivity contribution is 0.230. The lowest BCUT2D eigenvalue weighted by atomic mass is 10.0. The van der Waals surface area contributed by atoms with Gasteiger partial charge in [-0.3, -0.25) is 9.69 Å². The molecule has 3 heterocycles. The molecule has 142 valence electrons. The van der Waals surface area contributed by atoms with Crippen molar-refractivity contribution >= 4 is 32.9 Å². The molecule has 5 rings (SSSR count). The van der Waals surface area contributed by atoms with Crippen LogP contribution >= 0.6 is 0 Å². The SMILES string of the molecule is O=c1oc2ccccc2c2c(=O)c3ccc(O)c(CN4CCNCC4)c3oc12. The lowest BCUT2D eigenvalue weighted by Crippen LogP contribution is -2.42. The minimum Gasteiger partial charge on any atom is -0.507 e. The molecule has 2 aromatic heterocycles. The predicted molar refractivity (Wildman–Crippen MR) is 106 cm³/mol. The Morgan fingerprint density at radius 2 is 1.75 bits per heavy atom. The van der Waals surface area contributed by atoms with Crippen LogP contribution < -0.4 is 16.4 Å². The van der Waals surface area contributed by atoms with Gasteiger partial charge in [0.1, 0.15) is 16.9 Å². The highest BCUT2D eigenvalue weighted by molar-refractivity contribution is 6.05. The maximum absolute atomic E-state index is 13.3. The molecule has 0 amide bonds. The summed E-state index contributed by atoms with van der Waals surface area (Å²) < 4.78 is 11.2. The summed E-state index contributed by atoms with van der Waals surface area (Å²) in [5.74, 6) is 0.0405. The zero-order valence-electron chi connectivity index (χ0n) is 15.0. The number of hydrogen-bond donors (Lipinski definition) is 2. The van der Waals surface area contributed by atoms with E-state index in [1.807, 2.05) is 0 Å². The van der Waals surface area contributed by atoms with Gasteiger partial charge >= 0.3 is 5.63 Å². The molecule has 7 heteroatoms. The lowest BCUT2D eigenvalue weighted by Gasteiger charge is -2.27. The summed E-state index contributed by atoms with van der Waals surface area (Å²) in [6, 6.07) is 9.94. The highest BCUT2D eigenvalue weighted by Crippen LogP contribution is 2.30. The maximum atomic E-state index is 13.3. The second kappa shape index (κ2) is 6.47. The number of rotatable bonds is 2. The van der Waals surface area contributed by atoms with E-state index < -0.39 is 5.63 Å². The van der Waals surface area contributed by atoms with Crippen LogP contribution in [0.25, 0.3) is 32.9 Å². The minimum atomic E-state index is -0.704. The van der Waals surface area contributed by atoms with Crippen LogP contribution in [0.15, 0.2) is 54.8 Å². The molecule has 0 bridgehead atoms. The highest BCUT2D eigenvalue weighted by atomic mass is 16.4. The van der Waals surface area contributed by atoms with Crippen LogP contribution in [0.4, 0.5) is 0 Å². The summed E-state index contributed by atoms with van der Waals surface area (Å²) in [5, 5.41) is 14.8. The number of piperazine rings is 1. The molecule has 0 radical (unpaired) electrons. The summed E-state index contributed by atoms with van der Waals surface area (Å²) in [7, 11) is 0. The van der Waals surface area contributed by atoms with E-state index in [-0.39, 0.29) is 27.7 Å². The Bertz CT molecular complexity index is 1330. The molecule has 28 heavy (non-hydrogen) atoms. The molecule has 1 aliphatic rings. The van der Waals surface area contributed by atoms with Crippen molar-refractivity contribution in [3.05, 3.63) is 62.6 Å². The van der Waals surface area contributed by atoms with Gasteiger partial charge in [-0.1, -0.05) is 18.2 Å². The van der Waals surface area contributed by atoms with Gasteiger partial charge in [0.05, 0.1) is 16.3 Å². The molecule has 1 aliphatic heterocycles. The summed E-state index contributed by atoms with van der Waals surface area (Å²) in [4.78, 5) is 27.9. The zero-order valence-corrected chi connectivity index (χ0v) is 15.0. The quantitative estimate of drug-likeness (QED) is 0.313. The van der Waals surface area contributed by atoms with Crippen LogP contribution in [0.2, 0.25) is 0 Å². The largest absolute Gasteiger partial charge is 0.507 e. The number of benzene rings is 2. The number of phenols is 1. The van der Waals surface area contributed by atoms with Gasteiger partial charge in [-0.05, 0) is 18.2 Å². The predicted octanol–water partition coefficient (Wildman–Crippen LogP) is 2.16. The molecular weight excluding hydrogens is 360 g/mol. The smallest absolute Gasteiger partial charge is 0.380 e. The van der Waals surface area contributed by atoms with Crippen molar-refractivity contribution < 1.29 is 13.9 Å². The summed E-state index contributed by atoms with van der Waals surface area (Å²) in [6.45, 7) is 3.78. The Morgan fingerprint density at radius 3 is 2.57 bits per heavy atom. The van der Waals surface area contributed by atoms with Crippen molar-refractivity contribution in [1.82, 2.24) is 10.2 Å². The van der Waals surface area contributed by atoms with Gasteiger partial charge < -0.3 is 19.3 Å². The Labute approximate surface area is 158 Å². The van der Waals surface area contributed by atoms with Crippen molar-refractivity contribution in [1.29, 1.82) is 0 Å². The van der Waals surface area contributed by atoms with E-state index in [0.29, 0.717) is 28.5 Å². The second-order valence-corrected chi connectivity index (χ2v) is 6.99. The molecule has 1 fully saturated rings. The fourth-order valence-electron chi connectivity index (χ4n) is 3.85. The first-order valence-electron chi connectivity index (χ1n) is 9.20. The Hall–Kier alpha value is -3.16. The van der Waals surface area contributed by atoms with Crippen LogP contribution in [-0.4, -0.2) is 36.2 Å². The molecule has 0 saturated carbocycles. The van der Waals surface area contributed by atoms with E-state index in [9.17, 15) is 14.7 Å². The molecule has 1 saturated heterocycles. The first-order chi connectivity index (χ1) is 13.6. The number of nitrogens with zero attached hydrogens (tertiary/aromatic N) is 1. The normalized spacial score (nSPS) is 15.6. The number of phenolic OH excluding ortho intramolecular Hbond substituents is 1. The summed E-state index contributed by atoms with van der Waals surface area (Å²) in [6.07, 6.45) is 0. The van der Waals surface area contributed by atoms with Crippen molar-refractivity contribution in [2.24, 2.45) is 0 Å². The third-order valence-corrected chi connectivity index (χ3v) is 5.27. The first-order valence-corrected chi connectivity index (χ1v) is 9.20. The van der Waals surface area contributed by atoms with Gasteiger partial charge in [0.25, 0.3) is 0 Å². The zero-order chi connectivity index (χ0) is 19.3. The average Bonchev–Trinajstić information content (AvgIpc) is 2.71. The molecule has 0 aliphatic carbocycles. The monoisotopic (exact) mass is 378 g/mol. The summed E-state index contributed by atoms with van der Waals surface area (Å²) >= 11 is 0. The molecule has 2 aromatic carbocycles. The topological polar surface area (TPSA) is 95.9 Å². The van der Waals surface area contributed by atoms with E-state index in [1.54, 1.807) is 30.3 Å². The van der Waals surface area contributed by atoms with Crippen molar-refractivity contribution in [2.75, 3.05) is 26.2 Å². The molecule has 0 atom stereocenters. The van der Waals surface area contributed by atoms with E-state index in [2.05, 4.69) is 10.2 Å². The molecule has 0 spiro atoms. The van der Waals surface area contributed by atoms with Crippen LogP contribution in [0.5, 0.6) is 5.75 Å². The van der Waals surface area contributed by atoms with Gasteiger partial charge in [-0.25, -0.2) is 4.79 Å². The third kappa shape index (κ3) is 2.59. The van der Waals surface area contributed by atoms with Gasteiger partial charge in [-0.15, -0.1) is 0 Å². The van der Waals surface area contributed by atoms with Gasteiger partial charge in [0.2, 0.25) is 11.0 Å². The fraction of sp³-hybridized carbons (Fsp3) is 0.238. The fourth-order valence-corrected chi connectivity index (χ4v) is 3.85. The minimum absolute atomic E-state index is 0.0405. The van der Waals surface area contributed by atoms with E-state index >= 15 is 0 Å². The van der Waals surface area contributed by atoms with Crippen LogP contribution in [-0.2, 0) is 6.54 Å². The maximum Gasteiger partial charge on any atom is 0.380 e. The standard InChI is InChI=1S/C21H18N2O5/c24-15-6-5-13-18(25)17-12-3-1-2-4-16(12)27-21(26)20(17)28-19(13)14(15)11-23-9-7-22-8-10-23/h1-6,22,24H,7-11H2. The number of hydrogen-bond acceptors (Lipinski definition) is 7. The van der Waals surface area contributed by atoms with Crippen molar-refractivity contribution in [2.45, 2.75) is 6.54 Å². The number of aromatic hydroxyl groups is 1. The third-order valence-electron chi connectivity index (χ3n) is 5.27. The molecular formula is C21H18N2O5. The summed E-state index contributed by atoms with van der Waals surface area (Å²) in [5.41, 5.74) is -0.0505. The second-order valence-electron chi connectivity index (χ2n) is 6.99. The highest BCUT2D eigenvalue weighted by Gasteiger charge is 2.21. The number of fused-ring (bicyclic) bond motifs is 4. The van der Waals surface area contributed by atoms with Crippen LogP contribution in [0.1, 0.15) is 5.56 Å². The van der Waals surface area contributed by atoms with Crippen molar-refractivity contribution in [3.8, 4) is 5.75 Å². The molecule has 2 N–H and O–H groups in total. The van der Waals surface area contributed by atoms with Gasteiger partial charge in [0, 0.05) is 38.1 Å². The average molecular weight is 378 g/mol. The molecule has 4 aromatic rings. The van der Waals surface area contributed by atoms with Crippen LogP contribution in [0, 0.1) is 0 Å². The Kier molecular flexibility index (Phi) is 3.92. The van der Waals surface area contributed by atoms with E-state index in [1.165, 1.54) is 6.07 Å². The Morgan fingerprint density at radius 1 is 0.964 bits per heavy atom. The molecule has 0 unspecified atom stereocenters. The number of para-hydroxylation sites is 1. The number of nitrogens with one attached hydrogen (secondary N) is 1. The van der Waals surface area contributed by atoms with Gasteiger partial charge in [0.15, 0.2) is 0 Å². The van der Waals surface area contributed by atoms with E-state index in [4.69, 9.17) is 8.83 Å². The van der Waals surface area contributed by atoms with E-state index in [0.717, 1.165) is 26.2 Å². The van der Waals surface area contributed by atoms with Gasteiger partial charge in [-0.2, -0.15) is 0 Å². The Balaban J connectivity index is 1.83. The van der Waals surface area contributed by atoms with Crippen LogP contribution in [0.3, 0.4) is 0 Å².